The van der Waals surface area contributed by atoms with E-state index in [1.165, 1.54) is 0 Å². The second-order valence-electron chi connectivity index (χ2n) is 5.71. The first kappa shape index (κ1) is 16.4. The molecule has 3 rings (SSSR count). The van der Waals surface area contributed by atoms with Gasteiger partial charge in [0.1, 0.15) is 13.2 Å². The SMILES string of the molecule is Nc1cc(C(=O)NC[C@@H]2CCNCC2O)c2c(c1Br)OCCO2. The molecule has 0 bridgehead atoms. The highest BCUT2D eigenvalue weighted by Gasteiger charge is 2.27. The van der Waals surface area contributed by atoms with Crippen molar-refractivity contribution in [1.82, 2.24) is 10.6 Å². The molecule has 7 nitrogen and oxygen atoms in total. The Balaban J connectivity index is 1.75. The molecule has 1 unspecified atom stereocenters. The number of nitrogens with one attached hydrogen (secondary N) is 2. The van der Waals surface area contributed by atoms with Crippen molar-refractivity contribution in [2.75, 3.05) is 38.6 Å². The number of nitrogen functional groups attached to an aromatic ring is 1. The average molecular weight is 386 g/mol. The van der Waals surface area contributed by atoms with E-state index in [0.29, 0.717) is 53.5 Å². The van der Waals surface area contributed by atoms with Crippen molar-refractivity contribution in [3.63, 3.8) is 0 Å². The molecular formula is C15H20BrN3O4. The van der Waals surface area contributed by atoms with Gasteiger partial charge in [-0.1, -0.05) is 0 Å². The van der Waals surface area contributed by atoms with E-state index < -0.39 is 6.10 Å². The molecule has 2 heterocycles. The monoisotopic (exact) mass is 385 g/mol. The molecule has 0 radical (unpaired) electrons. The van der Waals surface area contributed by atoms with Gasteiger partial charge in [0.2, 0.25) is 0 Å². The molecule has 126 valence electrons. The Hall–Kier alpha value is -1.51. The number of aliphatic hydroxyl groups excluding tert-OH is 1. The van der Waals surface area contributed by atoms with Gasteiger partial charge in [0.25, 0.3) is 5.91 Å². The summed E-state index contributed by atoms with van der Waals surface area (Å²) in [5, 5.41) is 15.9. The third-order valence-electron chi connectivity index (χ3n) is 4.14. The molecule has 1 aromatic carbocycles. The molecular weight excluding hydrogens is 366 g/mol. The van der Waals surface area contributed by atoms with Crippen LogP contribution in [0.5, 0.6) is 11.5 Å². The molecule has 1 amide bonds. The highest BCUT2D eigenvalue weighted by Crippen LogP contribution is 2.43. The summed E-state index contributed by atoms with van der Waals surface area (Å²) in [7, 11) is 0. The third kappa shape index (κ3) is 3.39. The van der Waals surface area contributed by atoms with Crippen LogP contribution in [-0.4, -0.2) is 50.0 Å². The topological polar surface area (TPSA) is 106 Å². The number of rotatable bonds is 3. The van der Waals surface area contributed by atoms with Gasteiger partial charge in [-0.05, 0) is 35.0 Å². The van der Waals surface area contributed by atoms with Crippen LogP contribution in [0.25, 0.3) is 0 Å². The minimum absolute atomic E-state index is 0.0426. The molecule has 23 heavy (non-hydrogen) atoms. The van der Waals surface area contributed by atoms with E-state index in [9.17, 15) is 9.90 Å². The van der Waals surface area contributed by atoms with Crippen molar-refractivity contribution in [2.45, 2.75) is 12.5 Å². The number of anilines is 1. The summed E-state index contributed by atoms with van der Waals surface area (Å²) in [6.45, 7) is 2.61. The van der Waals surface area contributed by atoms with Gasteiger partial charge in [0, 0.05) is 19.0 Å². The van der Waals surface area contributed by atoms with Crippen LogP contribution in [0.4, 0.5) is 5.69 Å². The number of nitrogens with two attached hydrogens (primary N) is 1. The second-order valence-corrected chi connectivity index (χ2v) is 6.51. The maximum Gasteiger partial charge on any atom is 0.255 e. The van der Waals surface area contributed by atoms with E-state index in [4.69, 9.17) is 15.2 Å². The Bertz CT molecular complexity index is 611. The highest BCUT2D eigenvalue weighted by molar-refractivity contribution is 9.10. The predicted molar refractivity (Wildman–Crippen MR) is 88.9 cm³/mol. The zero-order valence-electron chi connectivity index (χ0n) is 12.6. The summed E-state index contributed by atoms with van der Waals surface area (Å²) in [4.78, 5) is 12.5. The molecule has 0 saturated carbocycles. The van der Waals surface area contributed by atoms with Gasteiger partial charge in [-0.2, -0.15) is 0 Å². The summed E-state index contributed by atoms with van der Waals surface area (Å²) in [6, 6.07) is 1.58. The van der Waals surface area contributed by atoms with Gasteiger partial charge in [-0.3, -0.25) is 4.79 Å². The van der Waals surface area contributed by atoms with Gasteiger partial charge >= 0.3 is 0 Å². The number of ether oxygens (including phenoxy) is 2. The lowest BCUT2D eigenvalue weighted by Gasteiger charge is -2.28. The Morgan fingerprint density at radius 1 is 1.43 bits per heavy atom. The molecule has 2 aliphatic heterocycles. The number of hydrogen-bond acceptors (Lipinski definition) is 6. The van der Waals surface area contributed by atoms with Crippen LogP contribution in [0, 0.1) is 5.92 Å². The number of piperidine rings is 1. The summed E-state index contributed by atoms with van der Waals surface area (Å²) < 4.78 is 11.7. The summed E-state index contributed by atoms with van der Waals surface area (Å²) >= 11 is 3.36. The molecule has 1 fully saturated rings. The zero-order chi connectivity index (χ0) is 16.4. The quantitative estimate of drug-likeness (QED) is 0.564. The number of amides is 1. The zero-order valence-corrected chi connectivity index (χ0v) is 14.2. The minimum Gasteiger partial charge on any atom is -0.485 e. The van der Waals surface area contributed by atoms with Crippen LogP contribution in [0.3, 0.4) is 0 Å². The van der Waals surface area contributed by atoms with Crippen LogP contribution in [0.2, 0.25) is 0 Å². The van der Waals surface area contributed by atoms with E-state index in [0.717, 1.165) is 13.0 Å². The highest BCUT2D eigenvalue weighted by atomic mass is 79.9. The molecule has 2 aliphatic rings. The maximum absolute atomic E-state index is 12.5. The fraction of sp³-hybridized carbons (Fsp3) is 0.533. The lowest BCUT2D eigenvalue weighted by molar-refractivity contribution is 0.0750. The maximum atomic E-state index is 12.5. The minimum atomic E-state index is -0.451. The number of benzene rings is 1. The number of carbonyl (C=O) groups is 1. The fourth-order valence-corrected chi connectivity index (χ4v) is 3.23. The Kier molecular flexibility index (Phi) is 4.93. The smallest absolute Gasteiger partial charge is 0.255 e. The first-order valence-corrected chi connectivity index (χ1v) is 8.41. The first-order chi connectivity index (χ1) is 11.1. The van der Waals surface area contributed by atoms with Crippen molar-refractivity contribution >= 4 is 27.5 Å². The molecule has 8 heteroatoms. The summed E-state index contributed by atoms with van der Waals surface area (Å²) in [5.41, 5.74) is 6.70. The van der Waals surface area contributed by atoms with Crippen LogP contribution in [-0.2, 0) is 0 Å². The van der Waals surface area contributed by atoms with E-state index >= 15 is 0 Å². The lowest BCUT2D eigenvalue weighted by Crippen LogP contribution is -2.45. The molecule has 5 N–H and O–H groups in total. The first-order valence-electron chi connectivity index (χ1n) is 7.62. The van der Waals surface area contributed by atoms with Crippen LogP contribution >= 0.6 is 15.9 Å². The standard InChI is InChI=1S/C15H20BrN3O4/c16-12-10(17)5-9(13-14(12)23-4-3-22-13)15(21)19-6-8-1-2-18-7-11(8)20/h5,8,11,18,20H,1-4,6-7,17H2,(H,19,21)/t8-,11?/m0/s1. The van der Waals surface area contributed by atoms with Gasteiger partial charge in [0.05, 0.1) is 21.8 Å². The number of carbonyl (C=O) groups excluding carboxylic acids is 1. The Labute approximate surface area is 142 Å². The Morgan fingerprint density at radius 2 is 2.17 bits per heavy atom. The molecule has 1 aromatic rings. The molecule has 0 aromatic heterocycles. The van der Waals surface area contributed by atoms with Crippen molar-refractivity contribution in [3.8, 4) is 11.5 Å². The molecule has 1 saturated heterocycles. The van der Waals surface area contributed by atoms with E-state index in [2.05, 4.69) is 26.6 Å². The van der Waals surface area contributed by atoms with Crippen molar-refractivity contribution in [1.29, 1.82) is 0 Å². The Morgan fingerprint density at radius 3 is 2.91 bits per heavy atom. The number of β-amino-alcohol motifs (C(OH)–C–C–N with tert-alkyl or cyclic N) is 1. The van der Waals surface area contributed by atoms with Crippen molar-refractivity contribution in [3.05, 3.63) is 16.1 Å². The predicted octanol–water partition coefficient (Wildman–Crippen LogP) is 0.503. The second kappa shape index (κ2) is 6.94. The normalized spacial score (nSPS) is 23.4. The van der Waals surface area contributed by atoms with Gasteiger partial charge in [-0.15, -0.1) is 0 Å². The lowest BCUT2D eigenvalue weighted by atomic mass is 9.95. The fourth-order valence-electron chi connectivity index (χ4n) is 2.82. The van der Waals surface area contributed by atoms with E-state index in [1.54, 1.807) is 6.07 Å². The van der Waals surface area contributed by atoms with Crippen LogP contribution < -0.4 is 25.8 Å². The van der Waals surface area contributed by atoms with Crippen molar-refractivity contribution < 1.29 is 19.4 Å². The van der Waals surface area contributed by atoms with Gasteiger partial charge < -0.3 is 30.9 Å². The van der Waals surface area contributed by atoms with Crippen LogP contribution in [0.15, 0.2) is 10.5 Å². The number of hydrogen-bond donors (Lipinski definition) is 4. The van der Waals surface area contributed by atoms with E-state index in [1.807, 2.05) is 0 Å². The van der Waals surface area contributed by atoms with Crippen LogP contribution in [0.1, 0.15) is 16.8 Å². The number of halogens is 1. The molecule has 0 aliphatic carbocycles. The number of fused-ring (bicyclic) bond motifs is 1. The third-order valence-corrected chi connectivity index (χ3v) is 4.96. The largest absolute Gasteiger partial charge is 0.485 e. The van der Waals surface area contributed by atoms with Gasteiger partial charge in [-0.25, -0.2) is 0 Å². The average Bonchev–Trinajstić information content (AvgIpc) is 2.57. The van der Waals surface area contributed by atoms with Gasteiger partial charge in [0.15, 0.2) is 11.5 Å². The molecule has 0 spiro atoms. The van der Waals surface area contributed by atoms with Crippen molar-refractivity contribution in [2.24, 2.45) is 5.92 Å². The van der Waals surface area contributed by atoms with E-state index in [-0.39, 0.29) is 11.8 Å². The summed E-state index contributed by atoms with van der Waals surface area (Å²) in [5.74, 6) is 0.627. The molecule has 2 atom stereocenters. The summed E-state index contributed by atoms with van der Waals surface area (Å²) in [6.07, 6.45) is 0.370. The number of aliphatic hydroxyl groups is 1.